The van der Waals surface area contributed by atoms with Crippen LogP contribution in [0.5, 0.6) is 0 Å². The third kappa shape index (κ3) is 4.77. The summed E-state index contributed by atoms with van der Waals surface area (Å²) >= 11 is 0. The minimum absolute atomic E-state index is 0.0516. The standard InChI is InChI=1S/C28H28N2O4S/c1-5-21-9-14-25(15-10-21)29-27(31)23-12-7-22(8-13-23)17-30-28(32)20(4)26(35(30,33)34)24-11-6-18(2)19(3)16-24/h6-16H,5,17H2,1-4H3,(H,29,31). The Morgan fingerprint density at radius 1 is 0.857 bits per heavy atom. The number of anilines is 1. The van der Waals surface area contributed by atoms with Crippen LogP contribution in [0.2, 0.25) is 0 Å². The smallest absolute Gasteiger partial charge is 0.268 e. The zero-order valence-corrected chi connectivity index (χ0v) is 21.1. The predicted octanol–water partition coefficient (Wildman–Crippen LogP) is 5.22. The Hall–Kier alpha value is -3.71. The molecule has 0 fully saturated rings. The van der Waals surface area contributed by atoms with Gasteiger partial charge in [-0.05, 0) is 79.3 Å². The molecule has 1 N–H and O–H groups in total. The van der Waals surface area contributed by atoms with Crippen molar-refractivity contribution in [3.63, 3.8) is 0 Å². The molecular weight excluding hydrogens is 460 g/mol. The van der Waals surface area contributed by atoms with E-state index in [1.807, 2.05) is 44.2 Å². The van der Waals surface area contributed by atoms with Crippen LogP contribution in [0, 0.1) is 13.8 Å². The molecule has 0 spiro atoms. The minimum Gasteiger partial charge on any atom is -0.322 e. The van der Waals surface area contributed by atoms with Gasteiger partial charge in [0.25, 0.3) is 21.8 Å². The second kappa shape index (κ2) is 9.50. The summed E-state index contributed by atoms with van der Waals surface area (Å²) < 4.78 is 27.5. The van der Waals surface area contributed by atoms with Crippen molar-refractivity contribution in [2.75, 3.05) is 5.32 Å². The normalized spacial score (nSPS) is 15.0. The van der Waals surface area contributed by atoms with Gasteiger partial charge in [-0.2, -0.15) is 0 Å². The van der Waals surface area contributed by atoms with Crippen molar-refractivity contribution in [1.82, 2.24) is 4.31 Å². The van der Waals surface area contributed by atoms with Crippen molar-refractivity contribution in [2.45, 2.75) is 40.7 Å². The van der Waals surface area contributed by atoms with Gasteiger partial charge < -0.3 is 5.32 Å². The summed E-state index contributed by atoms with van der Waals surface area (Å²) in [6.07, 6.45) is 0.923. The highest BCUT2D eigenvalue weighted by Crippen LogP contribution is 2.37. The van der Waals surface area contributed by atoms with Gasteiger partial charge in [0.2, 0.25) is 0 Å². The number of aryl methyl sites for hydroxylation is 3. The van der Waals surface area contributed by atoms with Gasteiger partial charge in [0.1, 0.15) is 4.91 Å². The molecule has 6 nitrogen and oxygen atoms in total. The third-order valence-corrected chi connectivity index (χ3v) is 8.30. The highest BCUT2D eigenvalue weighted by atomic mass is 32.2. The maximum absolute atomic E-state index is 13.3. The predicted molar refractivity (Wildman–Crippen MR) is 138 cm³/mol. The van der Waals surface area contributed by atoms with E-state index in [9.17, 15) is 18.0 Å². The summed E-state index contributed by atoms with van der Waals surface area (Å²) in [5.41, 5.74) is 5.66. The van der Waals surface area contributed by atoms with Gasteiger partial charge in [0.05, 0.1) is 6.54 Å². The highest BCUT2D eigenvalue weighted by Gasteiger charge is 2.42. The molecule has 2 amide bonds. The number of nitrogens with one attached hydrogen (secondary N) is 1. The first kappa shape index (κ1) is 24.4. The number of amides is 2. The van der Waals surface area contributed by atoms with Crippen LogP contribution < -0.4 is 5.32 Å². The van der Waals surface area contributed by atoms with Crippen molar-refractivity contribution < 1.29 is 18.0 Å². The van der Waals surface area contributed by atoms with E-state index in [0.29, 0.717) is 22.4 Å². The topological polar surface area (TPSA) is 83.6 Å². The van der Waals surface area contributed by atoms with Crippen LogP contribution in [0.1, 0.15) is 52.0 Å². The van der Waals surface area contributed by atoms with E-state index in [0.717, 1.165) is 21.9 Å². The van der Waals surface area contributed by atoms with E-state index >= 15 is 0 Å². The van der Waals surface area contributed by atoms with Crippen LogP contribution in [-0.2, 0) is 27.8 Å². The molecule has 3 aromatic rings. The van der Waals surface area contributed by atoms with E-state index in [1.54, 1.807) is 43.3 Å². The molecule has 3 aromatic carbocycles. The minimum atomic E-state index is -4.00. The van der Waals surface area contributed by atoms with Crippen LogP contribution in [0.15, 0.2) is 72.3 Å². The lowest BCUT2D eigenvalue weighted by Gasteiger charge is -2.17. The number of hydrogen-bond acceptors (Lipinski definition) is 4. The van der Waals surface area contributed by atoms with Crippen LogP contribution >= 0.6 is 0 Å². The molecule has 0 radical (unpaired) electrons. The molecule has 0 bridgehead atoms. The lowest BCUT2D eigenvalue weighted by Crippen LogP contribution is -2.30. The Balaban J connectivity index is 1.50. The van der Waals surface area contributed by atoms with E-state index in [4.69, 9.17) is 0 Å². The number of nitrogens with zero attached hydrogens (tertiary/aromatic N) is 1. The molecule has 0 aliphatic carbocycles. The number of carbonyl (C=O) groups excluding carboxylic acids is 2. The lowest BCUT2D eigenvalue weighted by molar-refractivity contribution is -0.122. The second-order valence-electron chi connectivity index (χ2n) is 8.77. The Bertz CT molecular complexity index is 1440. The van der Waals surface area contributed by atoms with Crippen molar-refractivity contribution >= 4 is 32.4 Å². The fourth-order valence-electron chi connectivity index (χ4n) is 4.06. The van der Waals surface area contributed by atoms with Crippen molar-refractivity contribution in [3.05, 3.63) is 106 Å². The van der Waals surface area contributed by atoms with Crippen LogP contribution in [-0.4, -0.2) is 24.5 Å². The summed E-state index contributed by atoms with van der Waals surface area (Å²) in [4.78, 5) is 25.6. The third-order valence-electron chi connectivity index (χ3n) is 6.37. The molecule has 180 valence electrons. The quantitative estimate of drug-likeness (QED) is 0.516. The largest absolute Gasteiger partial charge is 0.322 e. The van der Waals surface area contributed by atoms with E-state index in [2.05, 4.69) is 12.2 Å². The molecule has 1 aliphatic rings. The first-order valence-electron chi connectivity index (χ1n) is 11.5. The summed E-state index contributed by atoms with van der Waals surface area (Å²) in [6, 6.07) is 19.6. The van der Waals surface area contributed by atoms with Crippen molar-refractivity contribution in [1.29, 1.82) is 0 Å². The summed E-state index contributed by atoms with van der Waals surface area (Å²) in [7, 11) is -4.00. The lowest BCUT2D eigenvalue weighted by atomic mass is 10.0. The monoisotopic (exact) mass is 488 g/mol. The van der Waals surface area contributed by atoms with Gasteiger partial charge in [-0.3, -0.25) is 9.59 Å². The molecule has 0 aromatic heterocycles. The first-order chi connectivity index (χ1) is 16.6. The SMILES string of the molecule is CCc1ccc(NC(=O)c2ccc(CN3C(=O)C(C)=C(c4ccc(C)c(C)c4)S3(=O)=O)cc2)cc1. The fraction of sp³-hybridized carbons (Fsp3) is 0.214. The molecule has 0 saturated carbocycles. The van der Waals surface area contributed by atoms with Crippen LogP contribution in [0.25, 0.3) is 4.91 Å². The number of rotatable bonds is 6. The molecule has 4 rings (SSSR count). The van der Waals surface area contributed by atoms with E-state index in [-0.39, 0.29) is 22.9 Å². The van der Waals surface area contributed by atoms with E-state index < -0.39 is 15.9 Å². The Labute approximate surface area is 206 Å². The average molecular weight is 489 g/mol. The van der Waals surface area contributed by atoms with Gasteiger partial charge in [-0.25, -0.2) is 12.7 Å². The molecule has 35 heavy (non-hydrogen) atoms. The average Bonchev–Trinajstić information content (AvgIpc) is 3.01. The molecule has 1 heterocycles. The molecule has 0 atom stereocenters. The summed E-state index contributed by atoms with van der Waals surface area (Å²) in [5, 5.41) is 2.85. The molecule has 1 aliphatic heterocycles. The summed E-state index contributed by atoms with van der Waals surface area (Å²) in [6.45, 7) is 7.37. The van der Waals surface area contributed by atoms with E-state index in [1.165, 1.54) is 5.56 Å². The first-order valence-corrected chi connectivity index (χ1v) is 12.9. The molecule has 7 heteroatoms. The molecule has 0 unspecified atom stereocenters. The number of sulfonamides is 1. The second-order valence-corrected chi connectivity index (χ2v) is 10.6. The van der Waals surface area contributed by atoms with Gasteiger partial charge in [-0.15, -0.1) is 0 Å². The van der Waals surface area contributed by atoms with Crippen molar-refractivity contribution in [3.8, 4) is 0 Å². The fourth-order valence-corrected chi connectivity index (χ4v) is 5.85. The molecular formula is C28H28N2O4S. The Morgan fingerprint density at radius 2 is 1.49 bits per heavy atom. The van der Waals surface area contributed by atoms with Crippen molar-refractivity contribution in [2.24, 2.45) is 0 Å². The maximum atomic E-state index is 13.3. The van der Waals surface area contributed by atoms with Gasteiger partial charge in [-0.1, -0.05) is 49.4 Å². The summed E-state index contributed by atoms with van der Waals surface area (Å²) in [5.74, 6) is -0.796. The van der Waals surface area contributed by atoms with Crippen LogP contribution in [0.3, 0.4) is 0 Å². The Morgan fingerprint density at radius 3 is 2.09 bits per heavy atom. The van der Waals surface area contributed by atoms with Gasteiger partial charge in [0, 0.05) is 16.8 Å². The number of carbonyl (C=O) groups is 2. The number of hydrogen-bond donors (Lipinski definition) is 1. The Kier molecular flexibility index (Phi) is 6.63. The zero-order chi connectivity index (χ0) is 25.3. The zero-order valence-electron chi connectivity index (χ0n) is 20.3. The van der Waals surface area contributed by atoms with Crippen LogP contribution in [0.4, 0.5) is 5.69 Å². The highest BCUT2D eigenvalue weighted by molar-refractivity contribution is 7.99. The maximum Gasteiger partial charge on any atom is 0.268 e. The molecule has 0 saturated heterocycles. The van der Waals surface area contributed by atoms with Gasteiger partial charge >= 0.3 is 0 Å². The van der Waals surface area contributed by atoms with Gasteiger partial charge in [0.15, 0.2) is 0 Å². The number of benzene rings is 3.